The van der Waals surface area contributed by atoms with Gasteiger partial charge < -0.3 is 0 Å². The summed E-state index contributed by atoms with van der Waals surface area (Å²) in [7, 11) is 0. The number of hydrogen-bond donors (Lipinski definition) is 0. The van der Waals surface area contributed by atoms with E-state index in [0.29, 0.717) is 0 Å². The summed E-state index contributed by atoms with van der Waals surface area (Å²) in [6, 6.07) is 9.40. The first kappa shape index (κ1) is 12.7. The molecule has 0 aliphatic heterocycles. The second kappa shape index (κ2) is 5.71. The molecular formula is C17H26. The van der Waals surface area contributed by atoms with Crippen LogP contribution in [0.4, 0.5) is 0 Å². The predicted molar refractivity (Wildman–Crippen MR) is 75.4 cm³/mol. The highest BCUT2D eigenvalue weighted by Crippen LogP contribution is 2.45. The molecule has 0 spiro atoms. The molecule has 2 rings (SSSR count). The minimum absolute atomic E-state index is 0.829. The van der Waals surface area contributed by atoms with E-state index in [1.807, 2.05) is 0 Å². The van der Waals surface area contributed by atoms with Crippen LogP contribution in [0.1, 0.15) is 63.5 Å². The zero-order chi connectivity index (χ0) is 12.3. The van der Waals surface area contributed by atoms with Crippen LogP contribution in [0.2, 0.25) is 0 Å². The Morgan fingerprint density at radius 3 is 2.18 bits per heavy atom. The fraction of sp³-hybridized carbons (Fsp3) is 0.647. The molecule has 94 valence electrons. The Hall–Kier alpha value is -0.780. The van der Waals surface area contributed by atoms with Crippen LogP contribution < -0.4 is 0 Å². The standard InChI is InChI=1S/C17H26/c1-4-13-7-9-16(10-8-13)17-12-14(5-2)11-15(17)6-3/h7-10,14-15,17H,4-6,11-12H2,1-3H3. The summed E-state index contributed by atoms with van der Waals surface area (Å²) >= 11 is 0. The lowest BCUT2D eigenvalue weighted by atomic mass is 9.87. The molecule has 1 aromatic carbocycles. The molecule has 1 aromatic rings. The van der Waals surface area contributed by atoms with E-state index in [1.54, 1.807) is 5.56 Å². The maximum absolute atomic E-state index is 2.38. The van der Waals surface area contributed by atoms with E-state index in [0.717, 1.165) is 24.2 Å². The molecule has 1 saturated carbocycles. The van der Waals surface area contributed by atoms with Gasteiger partial charge in [0.2, 0.25) is 0 Å². The first-order chi connectivity index (χ1) is 8.28. The van der Waals surface area contributed by atoms with Gasteiger partial charge in [0.1, 0.15) is 0 Å². The first-order valence-corrected chi connectivity index (χ1v) is 7.37. The molecule has 0 heterocycles. The minimum atomic E-state index is 0.829. The van der Waals surface area contributed by atoms with Crippen LogP contribution in [0.3, 0.4) is 0 Å². The van der Waals surface area contributed by atoms with E-state index in [-0.39, 0.29) is 0 Å². The van der Waals surface area contributed by atoms with Crippen molar-refractivity contribution in [1.82, 2.24) is 0 Å². The maximum Gasteiger partial charge on any atom is -0.0131 e. The molecule has 0 heteroatoms. The van der Waals surface area contributed by atoms with Gasteiger partial charge in [-0.1, -0.05) is 57.9 Å². The summed E-state index contributed by atoms with van der Waals surface area (Å²) in [6.07, 6.45) is 6.73. The van der Waals surface area contributed by atoms with Gasteiger partial charge in [0.05, 0.1) is 0 Å². The van der Waals surface area contributed by atoms with Crippen LogP contribution in [-0.2, 0) is 6.42 Å². The summed E-state index contributed by atoms with van der Waals surface area (Å²) in [5.41, 5.74) is 3.05. The third kappa shape index (κ3) is 2.73. The van der Waals surface area contributed by atoms with Gasteiger partial charge in [-0.15, -0.1) is 0 Å². The Bertz CT molecular complexity index is 336. The SMILES string of the molecule is CCc1ccc(C2CC(CC)CC2CC)cc1. The van der Waals surface area contributed by atoms with Crippen LogP contribution in [0.25, 0.3) is 0 Å². The van der Waals surface area contributed by atoms with Crippen molar-refractivity contribution in [3.8, 4) is 0 Å². The van der Waals surface area contributed by atoms with Crippen molar-refractivity contribution >= 4 is 0 Å². The number of hydrogen-bond acceptors (Lipinski definition) is 0. The highest BCUT2D eigenvalue weighted by atomic mass is 14.4. The second-order valence-electron chi connectivity index (χ2n) is 5.62. The van der Waals surface area contributed by atoms with Gasteiger partial charge in [-0.3, -0.25) is 0 Å². The summed E-state index contributed by atoms with van der Waals surface area (Å²) in [5.74, 6) is 2.72. The maximum atomic E-state index is 2.38. The molecule has 0 saturated heterocycles. The molecule has 0 nitrogen and oxygen atoms in total. The molecule has 3 atom stereocenters. The monoisotopic (exact) mass is 230 g/mol. The first-order valence-electron chi connectivity index (χ1n) is 7.37. The van der Waals surface area contributed by atoms with E-state index in [2.05, 4.69) is 45.0 Å². The van der Waals surface area contributed by atoms with Crippen LogP contribution in [0.5, 0.6) is 0 Å². The van der Waals surface area contributed by atoms with E-state index in [4.69, 9.17) is 0 Å². The lowest BCUT2D eigenvalue weighted by Gasteiger charge is -2.18. The van der Waals surface area contributed by atoms with Crippen molar-refractivity contribution in [2.45, 2.75) is 58.8 Å². The Morgan fingerprint density at radius 2 is 1.65 bits per heavy atom. The van der Waals surface area contributed by atoms with Gasteiger partial charge in [0.15, 0.2) is 0 Å². The van der Waals surface area contributed by atoms with Gasteiger partial charge in [-0.25, -0.2) is 0 Å². The topological polar surface area (TPSA) is 0 Å². The Labute approximate surface area is 106 Å². The highest BCUT2D eigenvalue weighted by Gasteiger charge is 2.32. The van der Waals surface area contributed by atoms with Gasteiger partial charge in [-0.05, 0) is 48.1 Å². The summed E-state index contributed by atoms with van der Waals surface area (Å²) < 4.78 is 0. The molecule has 3 unspecified atom stereocenters. The predicted octanol–water partition coefficient (Wildman–Crippen LogP) is 5.18. The summed E-state index contributed by atoms with van der Waals surface area (Å²) in [6.45, 7) is 6.93. The molecule has 0 amide bonds. The van der Waals surface area contributed by atoms with Crippen molar-refractivity contribution in [3.63, 3.8) is 0 Å². The van der Waals surface area contributed by atoms with Crippen LogP contribution in [0.15, 0.2) is 24.3 Å². The van der Waals surface area contributed by atoms with E-state index < -0.39 is 0 Å². The van der Waals surface area contributed by atoms with Gasteiger partial charge >= 0.3 is 0 Å². The average Bonchev–Trinajstić information content (AvgIpc) is 2.82. The molecule has 0 N–H and O–H groups in total. The Kier molecular flexibility index (Phi) is 4.25. The summed E-state index contributed by atoms with van der Waals surface area (Å²) in [5, 5.41) is 0. The minimum Gasteiger partial charge on any atom is -0.0651 e. The smallest absolute Gasteiger partial charge is 0.0131 e. The van der Waals surface area contributed by atoms with Crippen molar-refractivity contribution in [2.75, 3.05) is 0 Å². The zero-order valence-corrected chi connectivity index (χ0v) is 11.6. The van der Waals surface area contributed by atoms with Crippen LogP contribution >= 0.6 is 0 Å². The number of benzene rings is 1. The van der Waals surface area contributed by atoms with Crippen LogP contribution in [0, 0.1) is 11.8 Å². The third-order valence-corrected chi connectivity index (χ3v) is 4.71. The molecular weight excluding hydrogens is 204 g/mol. The molecule has 1 aliphatic carbocycles. The molecule has 0 radical (unpaired) electrons. The fourth-order valence-electron chi connectivity index (χ4n) is 3.43. The molecule has 1 fully saturated rings. The largest absolute Gasteiger partial charge is 0.0651 e. The van der Waals surface area contributed by atoms with Crippen molar-refractivity contribution < 1.29 is 0 Å². The third-order valence-electron chi connectivity index (χ3n) is 4.71. The number of aryl methyl sites for hydroxylation is 1. The fourth-order valence-corrected chi connectivity index (χ4v) is 3.43. The van der Waals surface area contributed by atoms with Crippen molar-refractivity contribution in [1.29, 1.82) is 0 Å². The van der Waals surface area contributed by atoms with Crippen molar-refractivity contribution in [3.05, 3.63) is 35.4 Å². The lowest BCUT2D eigenvalue weighted by Crippen LogP contribution is -2.04. The van der Waals surface area contributed by atoms with E-state index >= 15 is 0 Å². The van der Waals surface area contributed by atoms with Gasteiger partial charge in [-0.2, -0.15) is 0 Å². The van der Waals surface area contributed by atoms with Gasteiger partial charge in [0, 0.05) is 0 Å². The van der Waals surface area contributed by atoms with E-state index in [9.17, 15) is 0 Å². The molecule has 17 heavy (non-hydrogen) atoms. The second-order valence-corrected chi connectivity index (χ2v) is 5.62. The Morgan fingerprint density at radius 1 is 0.941 bits per heavy atom. The van der Waals surface area contributed by atoms with Gasteiger partial charge in [0.25, 0.3) is 0 Å². The van der Waals surface area contributed by atoms with E-state index in [1.165, 1.54) is 31.2 Å². The number of rotatable bonds is 4. The van der Waals surface area contributed by atoms with Crippen molar-refractivity contribution in [2.24, 2.45) is 11.8 Å². The quantitative estimate of drug-likeness (QED) is 0.668. The lowest BCUT2D eigenvalue weighted by molar-refractivity contribution is 0.453. The Balaban J connectivity index is 2.14. The zero-order valence-electron chi connectivity index (χ0n) is 11.6. The molecule has 0 aromatic heterocycles. The normalized spacial score (nSPS) is 28.5. The molecule has 0 bridgehead atoms. The summed E-state index contributed by atoms with van der Waals surface area (Å²) in [4.78, 5) is 0. The highest BCUT2D eigenvalue weighted by molar-refractivity contribution is 5.26. The average molecular weight is 230 g/mol. The molecule has 1 aliphatic rings. The van der Waals surface area contributed by atoms with Crippen LogP contribution in [-0.4, -0.2) is 0 Å².